The Bertz CT molecular complexity index is 331. The lowest BCUT2D eigenvalue weighted by atomic mass is 10.3. The zero-order chi connectivity index (χ0) is 11.4. The zero-order valence-corrected chi connectivity index (χ0v) is 10.8. The molecular formula is C11H16O2S2. The highest BCUT2D eigenvalue weighted by Gasteiger charge is 2.13. The van der Waals surface area contributed by atoms with Crippen LogP contribution >= 0.6 is 23.1 Å². The van der Waals surface area contributed by atoms with Crippen LogP contribution in [0.1, 0.15) is 28.4 Å². The van der Waals surface area contributed by atoms with Crippen molar-refractivity contribution in [3.63, 3.8) is 0 Å². The van der Waals surface area contributed by atoms with Gasteiger partial charge in [-0.1, -0.05) is 6.92 Å². The van der Waals surface area contributed by atoms with Gasteiger partial charge in [-0.2, -0.15) is 0 Å². The maximum absolute atomic E-state index is 11.7. The molecule has 84 valence electrons. The van der Waals surface area contributed by atoms with E-state index in [0.717, 1.165) is 9.75 Å². The molecule has 0 aromatic carbocycles. The van der Waals surface area contributed by atoms with Crippen molar-refractivity contribution in [2.75, 3.05) is 5.75 Å². The second-order valence-electron chi connectivity index (χ2n) is 3.59. The van der Waals surface area contributed by atoms with Gasteiger partial charge in [0.2, 0.25) is 0 Å². The number of carbonyl (C=O) groups excluding carboxylic acids is 1. The maximum atomic E-state index is 11.7. The lowest BCUT2D eigenvalue weighted by Gasteiger charge is -2.12. The van der Waals surface area contributed by atoms with E-state index >= 15 is 0 Å². The van der Waals surface area contributed by atoms with Crippen molar-refractivity contribution in [2.45, 2.75) is 32.1 Å². The predicted molar refractivity (Wildman–Crippen MR) is 67.0 cm³/mol. The number of thiophene rings is 1. The number of hydrogen-bond donors (Lipinski definition) is 1. The number of rotatable bonds is 5. The van der Waals surface area contributed by atoms with Gasteiger partial charge in [0.05, 0.1) is 16.7 Å². The molecule has 0 aliphatic rings. The van der Waals surface area contributed by atoms with Gasteiger partial charge in [-0.25, -0.2) is 0 Å². The summed E-state index contributed by atoms with van der Waals surface area (Å²) in [6.07, 6.45) is -0.368. The molecule has 0 saturated carbocycles. The van der Waals surface area contributed by atoms with Crippen LogP contribution in [0, 0.1) is 6.92 Å². The van der Waals surface area contributed by atoms with E-state index in [2.05, 4.69) is 0 Å². The summed E-state index contributed by atoms with van der Waals surface area (Å²) in [7, 11) is 0. The standard InChI is InChI=1S/C11H16O2S2/c1-7-4-5-11(15-7)10(13)6-14-9(3)8(2)12/h4-5,8-9,12H,6H2,1-3H3. The molecule has 1 heterocycles. The van der Waals surface area contributed by atoms with Crippen molar-refractivity contribution in [3.05, 3.63) is 21.9 Å². The third-order valence-electron chi connectivity index (χ3n) is 2.17. The Morgan fingerprint density at radius 2 is 2.20 bits per heavy atom. The molecule has 0 spiro atoms. The van der Waals surface area contributed by atoms with E-state index in [1.165, 1.54) is 23.1 Å². The highest BCUT2D eigenvalue weighted by Crippen LogP contribution is 2.20. The van der Waals surface area contributed by atoms with Gasteiger partial charge in [0.1, 0.15) is 0 Å². The lowest BCUT2D eigenvalue weighted by Crippen LogP contribution is -2.17. The Morgan fingerprint density at radius 1 is 1.53 bits per heavy atom. The van der Waals surface area contributed by atoms with Gasteiger partial charge in [-0.05, 0) is 26.0 Å². The summed E-state index contributed by atoms with van der Waals surface area (Å²) in [5.41, 5.74) is 0. The molecule has 1 rings (SSSR count). The number of thioether (sulfide) groups is 1. The fourth-order valence-electron chi connectivity index (χ4n) is 1.00. The normalized spacial score (nSPS) is 14.9. The first-order chi connectivity index (χ1) is 7.00. The molecule has 0 radical (unpaired) electrons. The van der Waals surface area contributed by atoms with Crippen LogP contribution in [0.5, 0.6) is 0 Å². The van der Waals surface area contributed by atoms with Gasteiger partial charge in [-0.3, -0.25) is 4.79 Å². The molecule has 2 unspecified atom stereocenters. The minimum absolute atomic E-state index is 0.106. The number of hydrogen-bond acceptors (Lipinski definition) is 4. The number of Topliss-reactive ketones (excluding diaryl/α,β-unsaturated/α-hetero) is 1. The van der Waals surface area contributed by atoms with Crippen molar-refractivity contribution in [1.82, 2.24) is 0 Å². The number of carbonyl (C=O) groups is 1. The zero-order valence-electron chi connectivity index (χ0n) is 9.19. The van der Waals surface area contributed by atoms with E-state index in [1.54, 1.807) is 6.92 Å². The maximum Gasteiger partial charge on any atom is 0.182 e. The summed E-state index contributed by atoms with van der Waals surface area (Å²) in [6.45, 7) is 5.67. The van der Waals surface area contributed by atoms with Gasteiger partial charge >= 0.3 is 0 Å². The molecule has 0 bridgehead atoms. The summed E-state index contributed by atoms with van der Waals surface area (Å²) < 4.78 is 0. The summed E-state index contributed by atoms with van der Waals surface area (Å²) in [4.78, 5) is 13.7. The van der Waals surface area contributed by atoms with E-state index in [1.807, 2.05) is 26.0 Å². The van der Waals surface area contributed by atoms with Gasteiger partial charge in [0.25, 0.3) is 0 Å². The highest BCUT2D eigenvalue weighted by molar-refractivity contribution is 8.00. The molecule has 0 amide bonds. The number of aliphatic hydroxyl groups excluding tert-OH is 1. The molecule has 2 atom stereocenters. The van der Waals surface area contributed by atoms with E-state index in [4.69, 9.17) is 0 Å². The van der Waals surface area contributed by atoms with E-state index in [9.17, 15) is 9.90 Å². The van der Waals surface area contributed by atoms with E-state index < -0.39 is 0 Å². The predicted octanol–water partition coefficient (Wildman–Crippen LogP) is 2.74. The van der Waals surface area contributed by atoms with Crippen LogP contribution < -0.4 is 0 Å². The van der Waals surface area contributed by atoms with Crippen LogP contribution in [0.25, 0.3) is 0 Å². The Kier molecular flexibility index (Phi) is 4.83. The molecule has 15 heavy (non-hydrogen) atoms. The summed E-state index contributed by atoms with van der Waals surface area (Å²) in [6, 6.07) is 3.83. The SMILES string of the molecule is Cc1ccc(C(=O)CSC(C)C(C)O)s1. The molecule has 0 aliphatic heterocycles. The summed E-state index contributed by atoms with van der Waals surface area (Å²) >= 11 is 3.03. The first-order valence-corrected chi connectivity index (χ1v) is 6.76. The number of aryl methyl sites for hydroxylation is 1. The van der Waals surface area contributed by atoms with Crippen molar-refractivity contribution in [3.8, 4) is 0 Å². The minimum atomic E-state index is -0.368. The molecule has 2 nitrogen and oxygen atoms in total. The second-order valence-corrected chi connectivity index (χ2v) is 6.24. The smallest absolute Gasteiger partial charge is 0.182 e. The van der Waals surface area contributed by atoms with Crippen LogP contribution in [-0.2, 0) is 0 Å². The van der Waals surface area contributed by atoms with Crippen molar-refractivity contribution < 1.29 is 9.90 Å². The summed E-state index contributed by atoms with van der Waals surface area (Å²) in [5, 5.41) is 9.39. The fraction of sp³-hybridized carbons (Fsp3) is 0.545. The lowest BCUT2D eigenvalue weighted by molar-refractivity contribution is 0.102. The third kappa shape index (κ3) is 3.97. The molecule has 4 heteroatoms. The number of ketones is 1. The molecule has 0 saturated heterocycles. The van der Waals surface area contributed by atoms with Gasteiger partial charge < -0.3 is 5.11 Å². The average molecular weight is 244 g/mol. The Balaban J connectivity index is 2.43. The molecule has 0 fully saturated rings. The quantitative estimate of drug-likeness (QED) is 0.809. The highest BCUT2D eigenvalue weighted by atomic mass is 32.2. The van der Waals surface area contributed by atoms with Crippen LogP contribution in [0.4, 0.5) is 0 Å². The Morgan fingerprint density at radius 3 is 2.67 bits per heavy atom. The average Bonchev–Trinajstić information content (AvgIpc) is 2.60. The first-order valence-electron chi connectivity index (χ1n) is 4.90. The Hall–Kier alpha value is -0.320. The molecule has 1 aromatic rings. The van der Waals surface area contributed by atoms with Crippen LogP contribution in [0.15, 0.2) is 12.1 Å². The third-order valence-corrected chi connectivity index (χ3v) is 4.56. The number of aliphatic hydroxyl groups is 1. The fourth-order valence-corrected chi connectivity index (χ4v) is 2.75. The van der Waals surface area contributed by atoms with Crippen molar-refractivity contribution in [2.24, 2.45) is 0 Å². The van der Waals surface area contributed by atoms with Gasteiger partial charge in [0, 0.05) is 10.1 Å². The Labute approximate surface area is 98.7 Å². The topological polar surface area (TPSA) is 37.3 Å². The van der Waals surface area contributed by atoms with Gasteiger partial charge in [-0.15, -0.1) is 23.1 Å². The van der Waals surface area contributed by atoms with Crippen molar-refractivity contribution >= 4 is 28.9 Å². The van der Waals surface area contributed by atoms with Gasteiger partial charge in [0.15, 0.2) is 5.78 Å². The minimum Gasteiger partial charge on any atom is -0.392 e. The summed E-state index contributed by atoms with van der Waals surface area (Å²) in [5.74, 6) is 0.608. The van der Waals surface area contributed by atoms with Crippen molar-refractivity contribution in [1.29, 1.82) is 0 Å². The molecule has 1 N–H and O–H groups in total. The van der Waals surface area contributed by atoms with E-state index in [-0.39, 0.29) is 17.1 Å². The van der Waals surface area contributed by atoms with E-state index in [0.29, 0.717) is 5.75 Å². The molecule has 1 aromatic heterocycles. The molecular weight excluding hydrogens is 228 g/mol. The monoisotopic (exact) mass is 244 g/mol. The van der Waals surface area contributed by atoms with Crippen LogP contribution in [-0.4, -0.2) is 28.0 Å². The van der Waals surface area contributed by atoms with Crippen LogP contribution in [0.3, 0.4) is 0 Å². The first kappa shape index (κ1) is 12.7. The largest absolute Gasteiger partial charge is 0.392 e. The second kappa shape index (κ2) is 5.68. The molecule has 0 aliphatic carbocycles. The van der Waals surface area contributed by atoms with Crippen LogP contribution in [0.2, 0.25) is 0 Å².